The minimum absolute atomic E-state index is 0.0413. The molecule has 0 aromatic heterocycles. The van der Waals surface area contributed by atoms with E-state index in [9.17, 15) is 19.0 Å². The Morgan fingerprint density at radius 1 is 0.473 bits per heavy atom. The minimum atomic E-state index is -4.45. The van der Waals surface area contributed by atoms with E-state index >= 15 is 0 Å². The normalized spacial score (nSPS) is 13.9. The number of quaternary nitrogens is 1. The summed E-state index contributed by atoms with van der Waals surface area (Å²) in [6.07, 6.45) is 65.6. The van der Waals surface area contributed by atoms with Gasteiger partial charge in [0, 0.05) is 12.8 Å². The van der Waals surface area contributed by atoms with Gasteiger partial charge in [0.1, 0.15) is 19.3 Å². The lowest BCUT2D eigenvalue weighted by atomic mass is 10.0. The zero-order valence-electron chi connectivity index (χ0n) is 49.9. The first kappa shape index (κ1) is 72.2. The lowest BCUT2D eigenvalue weighted by Gasteiger charge is -2.27. The average molecular weight is 1060 g/mol. The summed E-state index contributed by atoms with van der Waals surface area (Å²) in [7, 11) is 1.50. The van der Waals surface area contributed by atoms with E-state index in [0.29, 0.717) is 17.4 Å². The highest BCUT2D eigenvalue weighted by atomic mass is 31.2. The number of hydrogen-bond acceptors (Lipinski definition) is 6. The van der Waals surface area contributed by atoms with E-state index < -0.39 is 20.0 Å². The number of ether oxygens (including phenoxy) is 1. The number of amides is 1. The second-order valence-electron chi connectivity index (χ2n) is 22.9. The molecule has 0 aliphatic rings. The molecule has 0 spiro atoms. The van der Waals surface area contributed by atoms with Crippen molar-refractivity contribution in [2.45, 2.75) is 322 Å². The molecule has 1 amide bonds. The average Bonchev–Trinajstić information content (AvgIpc) is 3.36. The van der Waals surface area contributed by atoms with Crippen molar-refractivity contribution in [2.75, 3.05) is 40.9 Å². The lowest BCUT2D eigenvalue weighted by Crippen LogP contribution is -2.47. The predicted molar refractivity (Wildman–Crippen MR) is 319 cm³/mol. The van der Waals surface area contributed by atoms with E-state index in [1.54, 1.807) is 0 Å². The molecule has 0 heterocycles. The van der Waals surface area contributed by atoms with E-state index in [1.165, 1.54) is 199 Å². The Morgan fingerprint density at radius 2 is 0.824 bits per heavy atom. The molecule has 0 rings (SSSR count). The van der Waals surface area contributed by atoms with Gasteiger partial charge in [-0.3, -0.25) is 18.6 Å². The molecule has 0 aromatic rings. The molecule has 74 heavy (non-hydrogen) atoms. The van der Waals surface area contributed by atoms with Crippen molar-refractivity contribution >= 4 is 19.7 Å². The Bertz CT molecular complexity index is 1360. The molecule has 0 fully saturated rings. The van der Waals surface area contributed by atoms with Gasteiger partial charge in [0.2, 0.25) is 5.91 Å². The topological polar surface area (TPSA) is 111 Å². The maximum atomic E-state index is 13.6. The SMILES string of the molecule is CCCCC/C=C\C/C=C\CCCCCCCCCC(=O)OC(/C=C/CCCCCCCCCCCC)C(COP(=O)(O)OCC[N+](C)(C)C)NC(=O)CCCCCCCCCCCCCCCCCCCCC. The minimum Gasteiger partial charge on any atom is -0.456 e. The third kappa shape index (κ3) is 55.0. The molecule has 0 aromatic carbocycles. The monoisotopic (exact) mass is 1060 g/mol. The third-order valence-corrected chi connectivity index (χ3v) is 15.3. The zero-order chi connectivity index (χ0) is 54.3. The molecule has 0 radical (unpaired) electrons. The fraction of sp³-hybridized carbons (Fsp3) is 0.875. The summed E-state index contributed by atoms with van der Waals surface area (Å²) in [4.78, 5) is 37.7. The maximum absolute atomic E-state index is 13.6. The molecule has 2 N–H and O–H groups in total. The van der Waals surface area contributed by atoms with Crippen LogP contribution in [0.3, 0.4) is 0 Å². The zero-order valence-corrected chi connectivity index (χ0v) is 50.7. The predicted octanol–water partition coefficient (Wildman–Crippen LogP) is 19.5. The van der Waals surface area contributed by atoms with E-state index in [2.05, 4.69) is 50.4 Å². The molecule has 3 unspecified atom stereocenters. The van der Waals surface area contributed by atoms with Crippen LogP contribution in [0.2, 0.25) is 0 Å². The van der Waals surface area contributed by atoms with Crippen LogP contribution in [0.25, 0.3) is 0 Å². The number of unbranched alkanes of at least 4 members (excludes halogenated alkanes) is 38. The second kappa shape index (κ2) is 54.6. The van der Waals surface area contributed by atoms with Gasteiger partial charge < -0.3 is 19.4 Å². The van der Waals surface area contributed by atoms with Gasteiger partial charge in [-0.1, -0.05) is 269 Å². The number of esters is 1. The van der Waals surface area contributed by atoms with E-state index in [-0.39, 0.29) is 31.5 Å². The van der Waals surface area contributed by atoms with Gasteiger partial charge in [0.15, 0.2) is 0 Å². The molecule has 0 saturated carbocycles. The number of nitrogens with zero attached hydrogens (tertiary/aromatic N) is 1. The summed E-state index contributed by atoms with van der Waals surface area (Å²) in [5.41, 5.74) is 0. The number of rotatable bonds is 58. The Morgan fingerprint density at radius 3 is 1.24 bits per heavy atom. The number of allylic oxidation sites excluding steroid dienone is 5. The van der Waals surface area contributed by atoms with Gasteiger partial charge in [-0.25, -0.2) is 4.57 Å². The highest BCUT2D eigenvalue weighted by Gasteiger charge is 2.30. The van der Waals surface area contributed by atoms with Gasteiger partial charge in [-0.05, 0) is 63.9 Å². The van der Waals surface area contributed by atoms with Gasteiger partial charge in [0.05, 0.1) is 33.8 Å². The summed E-state index contributed by atoms with van der Waals surface area (Å²) in [6, 6.07) is -0.847. The van der Waals surface area contributed by atoms with E-state index in [1.807, 2.05) is 33.3 Å². The summed E-state index contributed by atoms with van der Waals surface area (Å²) in [6.45, 7) is 7.02. The van der Waals surface area contributed by atoms with Crippen molar-refractivity contribution in [3.8, 4) is 0 Å². The summed E-state index contributed by atoms with van der Waals surface area (Å²) < 4.78 is 30.7. The van der Waals surface area contributed by atoms with Crippen LogP contribution in [0, 0.1) is 0 Å². The first-order chi connectivity index (χ1) is 35.9. The number of nitrogens with one attached hydrogen (secondary N) is 1. The Kier molecular flexibility index (Phi) is 53.3. The van der Waals surface area contributed by atoms with Crippen LogP contribution in [-0.2, 0) is 27.9 Å². The lowest BCUT2D eigenvalue weighted by molar-refractivity contribution is -0.870. The number of hydrogen-bond donors (Lipinski definition) is 2. The van der Waals surface area contributed by atoms with Crippen LogP contribution in [0.5, 0.6) is 0 Å². The molecule has 10 heteroatoms. The molecule has 9 nitrogen and oxygen atoms in total. The number of phosphoric ester groups is 1. The van der Waals surface area contributed by atoms with E-state index in [0.717, 1.165) is 77.0 Å². The summed E-state index contributed by atoms with van der Waals surface area (Å²) >= 11 is 0. The number of likely N-dealkylation sites (N-methyl/N-ethyl adjacent to an activating group) is 1. The van der Waals surface area contributed by atoms with Crippen LogP contribution >= 0.6 is 7.82 Å². The van der Waals surface area contributed by atoms with Crippen molar-refractivity contribution in [1.29, 1.82) is 0 Å². The Hall–Kier alpha value is -1.77. The van der Waals surface area contributed by atoms with Gasteiger partial charge >= 0.3 is 13.8 Å². The van der Waals surface area contributed by atoms with Crippen LogP contribution in [-0.4, -0.2) is 74.3 Å². The van der Waals surface area contributed by atoms with Crippen LogP contribution in [0.1, 0.15) is 310 Å². The van der Waals surface area contributed by atoms with Crippen molar-refractivity contribution in [2.24, 2.45) is 0 Å². The Labute approximate surface area is 459 Å². The number of carbonyl (C=O) groups is 2. The standard InChI is InChI=1S/C64H123N2O7P/c1-7-10-13-16-19-22-25-28-30-32-33-35-36-38-41-44-47-50-53-56-63(67)65-61(60-72-74(69,70)71-59-58-66(4,5)6)62(55-52-49-46-43-40-27-24-21-18-15-12-9-3)73-64(68)57-54-51-48-45-42-39-37-34-31-29-26-23-20-17-14-11-8-2/h20,23,29,31,52,55,61-62H,7-19,21-22,24-28,30,32-51,53-54,56-60H2,1-6H3,(H-,65,67,69,70)/p+1/b23-20-,31-29-,55-52+. The van der Waals surface area contributed by atoms with Crippen molar-refractivity contribution in [1.82, 2.24) is 5.32 Å². The van der Waals surface area contributed by atoms with Crippen molar-refractivity contribution < 1.29 is 37.3 Å². The Balaban J connectivity index is 5.22. The molecule has 0 saturated heterocycles. The third-order valence-electron chi connectivity index (χ3n) is 14.3. The first-order valence-corrected chi connectivity index (χ1v) is 33.3. The van der Waals surface area contributed by atoms with Crippen molar-refractivity contribution in [3.63, 3.8) is 0 Å². The molecule has 3 atom stereocenters. The van der Waals surface area contributed by atoms with Gasteiger partial charge in [0.25, 0.3) is 0 Å². The van der Waals surface area contributed by atoms with E-state index in [4.69, 9.17) is 13.8 Å². The highest BCUT2D eigenvalue weighted by Crippen LogP contribution is 2.43. The fourth-order valence-corrected chi connectivity index (χ4v) is 10.1. The molecular formula is C64H124N2O7P+. The molecular weight excluding hydrogens is 940 g/mol. The number of phosphoric acid groups is 1. The quantitative estimate of drug-likeness (QED) is 0.0205. The molecule has 0 aliphatic carbocycles. The number of carbonyl (C=O) groups excluding carboxylic acids is 2. The molecule has 0 aliphatic heterocycles. The fourth-order valence-electron chi connectivity index (χ4n) is 9.38. The molecule has 0 bridgehead atoms. The van der Waals surface area contributed by atoms with Gasteiger partial charge in [-0.15, -0.1) is 0 Å². The first-order valence-electron chi connectivity index (χ1n) is 31.8. The maximum Gasteiger partial charge on any atom is 0.472 e. The van der Waals surface area contributed by atoms with Gasteiger partial charge in [-0.2, -0.15) is 0 Å². The van der Waals surface area contributed by atoms with Crippen LogP contribution < -0.4 is 5.32 Å². The molecule has 436 valence electrons. The van der Waals surface area contributed by atoms with Crippen LogP contribution in [0.15, 0.2) is 36.5 Å². The summed E-state index contributed by atoms with van der Waals surface area (Å²) in [5, 5.41) is 3.06. The van der Waals surface area contributed by atoms with Crippen LogP contribution in [0.4, 0.5) is 0 Å². The second-order valence-corrected chi connectivity index (χ2v) is 24.4. The highest BCUT2D eigenvalue weighted by molar-refractivity contribution is 7.47. The van der Waals surface area contributed by atoms with Crippen molar-refractivity contribution in [3.05, 3.63) is 36.5 Å². The largest absolute Gasteiger partial charge is 0.472 e. The smallest absolute Gasteiger partial charge is 0.456 e. The summed E-state index contributed by atoms with van der Waals surface area (Å²) in [5.74, 6) is -0.500.